The fraction of sp³-hybridized carbons (Fsp3) is 0.400. The first-order valence-corrected chi connectivity index (χ1v) is 4.95. The second-order valence-corrected chi connectivity index (χ2v) is 3.55. The van der Waals surface area contributed by atoms with Gasteiger partial charge in [-0.1, -0.05) is 6.07 Å². The highest BCUT2D eigenvalue weighted by Gasteiger charge is 2.21. The zero-order chi connectivity index (χ0) is 13.0. The monoisotopic (exact) mass is 242 g/mol. The van der Waals surface area contributed by atoms with Crippen LogP contribution in [0.2, 0.25) is 0 Å². The fourth-order valence-electron chi connectivity index (χ4n) is 1.42. The second-order valence-electron chi connectivity index (χ2n) is 3.55. The number of aliphatic hydroxyl groups excluding tert-OH is 3. The first-order chi connectivity index (χ1) is 8.01. The Labute approximate surface area is 97.3 Å². The number of nitro benzene ring substituents is 1. The van der Waals surface area contributed by atoms with Gasteiger partial charge in [0, 0.05) is 12.6 Å². The highest BCUT2D eigenvalue weighted by molar-refractivity contribution is 5.43. The van der Waals surface area contributed by atoms with Gasteiger partial charge in [-0.15, -0.1) is 0 Å². The van der Waals surface area contributed by atoms with Crippen molar-refractivity contribution in [3.05, 3.63) is 39.4 Å². The standard InChI is InChI=1S/C10H14N2O5/c11-4-9(14)10(15)6-1-2-7(5-13)8(3-6)12(16)17/h1-3,9-10,13-15H,4-5,11H2. The van der Waals surface area contributed by atoms with Crippen molar-refractivity contribution in [2.45, 2.75) is 18.8 Å². The predicted octanol–water partition coefficient (Wildman–Crippen LogP) is -0.560. The van der Waals surface area contributed by atoms with E-state index in [2.05, 4.69) is 0 Å². The number of hydrogen-bond donors (Lipinski definition) is 4. The normalized spacial score (nSPS) is 14.4. The summed E-state index contributed by atoms with van der Waals surface area (Å²) in [6.07, 6.45) is -2.47. The third kappa shape index (κ3) is 2.98. The maximum atomic E-state index is 10.7. The number of hydrogen-bond acceptors (Lipinski definition) is 6. The van der Waals surface area contributed by atoms with Gasteiger partial charge < -0.3 is 21.1 Å². The highest BCUT2D eigenvalue weighted by Crippen LogP contribution is 2.25. The van der Waals surface area contributed by atoms with Crippen LogP contribution in [0.3, 0.4) is 0 Å². The smallest absolute Gasteiger partial charge is 0.275 e. The maximum Gasteiger partial charge on any atom is 0.275 e. The molecule has 1 rings (SSSR count). The zero-order valence-electron chi connectivity index (χ0n) is 8.98. The van der Waals surface area contributed by atoms with Crippen LogP contribution in [0.25, 0.3) is 0 Å². The van der Waals surface area contributed by atoms with E-state index in [0.717, 1.165) is 6.07 Å². The Morgan fingerprint density at radius 2 is 2.06 bits per heavy atom. The Hall–Kier alpha value is -1.54. The van der Waals surface area contributed by atoms with Gasteiger partial charge in [0.15, 0.2) is 0 Å². The van der Waals surface area contributed by atoms with E-state index in [1.807, 2.05) is 0 Å². The van der Waals surface area contributed by atoms with Gasteiger partial charge in [-0.05, 0) is 11.6 Å². The summed E-state index contributed by atoms with van der Waals surface area (Å²) >= 11 is 0. The molecule has 5 N–H and O–H groups in total. The molecule has 0 aliphatic carbocycles. The van der Waals surface area contributed by atoms with Crippen molar-refractivity contribution in [1.82, 2.24) is 0 Å². The molecule has 0 heterocycles. The number of aliphatic hydroxyl groups is 3. The van der Waals surface area contributed by atoms with Crippen LogP contribution in [0.15, 0.2) is 18.2 Å². The van der Waals surface area contributed by atoms with Crippen LogP contribution in [0, 0.1) is 10.1 Å². The minimum absolute atomic E-state index is 0.146. The Morgan fingerprint density at radius 3 is 2.53 bits per heavy atom. The molecule has 0 amide bonds. The van der Waals surface area contributed by atoms with Crippen molar-refractivity contribution in [1.29, 1.82) is 0 Å². The lowest BCUT2D eigenvalue weighted by Crippen LogP contribution is -2.27. The lowest BCUT2D eigenvalue weighted by Gasteiger charge is -2.16. The summed E-state index contributed by atoms with van der Waals surface area (Å²) in [5.41, 5.74) is 5.22. The van der Waals surface area contributed by atoms with E-state index >= 15 is 0 Å². The first-order valence-electron chi connectivity index (χ1n) is 4.95. The van der Waals surface area contributed by atoms with Crippen LogP contribution >= 0.6 is 0 Å². The van der Waals surface area contributed by atoms with Crippen LogP contribution in [-0.2, 0) is 6.61 Å². The van der Waals surface area contributed by atoms with Crippen LogP contribution in [-0.4, -0.2) is 32.9 Å². The molecule has 94 valence electrons. The molecule has 7 heteroatoms. The lowest BCUT2D eigenvalue weighted by atomic mass is 10.0. The molecule has 0 aliphatic rings. The maximum absolute atomic E-state index is 10.7. The Balaban J connectivity index is 3.12. The third-order valence-electron chi connectivity index (χ3n) is 2.42. The number of rotatable bonds is 5. The lowest BCUT2D eigenvalue weighted by molar-refractivity contribution is -0.386. The average molecular weight is 242 g/mol. The molecule has 0 aliphatic heterocycles. The first kappa shape index (κ1) is 13.5. The van der Waals surface area contributed by atoms with Gasteiger partial charge in [0.1, 0.15) is 6.10 Å². The fourth-order valence-corrected chi connectivity index (χ4v) is 1.42. The van der Waals surface area contributed by atoms with Gasteiger partial charge in [0.05, 0.1) is 23.2 Å². The number of nitro groups is 1. The van der Waals surface area contributed by atoms with Crippen LogP contribution < -0.4 is 5.73 Å². The molecule has 17 heavy (non-hydrogen) atoms. The average Bonchev–Trinajstić information content (AvgIpc) is 2.35. The molecule has 0 saturated carbocycles. The quantitative estimate of drug-likeness (QED) is 0.404. The molecule has 7 nitrogen and oxygen atoms in total. The van der Waals surface area contributed by atoms with E-state index < -0.39 is 23.7 Å². The molecule has 1 aromatic rings. The summed E-state index contributed by atoms with van der Waals surface area (Å²) < 4.78 is 0. The summed E-state index contributed by atoms with van der Waals surface area (Å²) in [6, 6.07) is 3.86. The summed E-state index contributed by atoms with van der Waals surface area (Å²) in [5.74, 6) is 0. The molecule has 2 atom stereocenters. The molecular weight excluding hydrogens is 228 g/mol. The van der Waals surface area contributed by atoms with E-state index in [9.17, 15) is 20.3 Å². The summed E-state index contributed by atoms with van der Waals surface area (Å²) in [6.45, 7) is -0.622. The van der Waals surface area contributed by atoms with Gasteiger partial charge in [-0.3, -0.25) is 10.1 Å². The molecule has 0 aromatic heterocycles. The van der Waals surface area contributed by atoms with E-state index in [1.165, 1.54) is 12.1 Å². The molecule has 0 saturated heterocycles. The Bertz CT molecular complexity index is 410. The Morgan fingerprint density at radius 1 is 1.41 bits per heavy atom. The molecule has 0 fully saturated rings. The van der Waals surface area contributed by atoms with Crippen molar-refractivity contribution in [2.75, 3.05) is 6.54 Å². The minimum atomic E-state index is -1.29. The number of nitrogens with two attached hydrogens (primary N) is 1. The van der Waals surface area contributed by atoms with Crippen molar-refractivity contribution < 1.29 is 20.2 Å². The minimum Gasteiger partial charge on any atom is -0.391 e. The SMILES string of the molecule is NCC(O)C(O)c1ccc(CO)c([N+](=O)[O-])c1. The van der Waals surface area contributed by atoms with Crippen LogP contribution in [0.5, 0.6) is 0 Å². The third-order valence-corrected chi connectivity index (χ3v) is 2.42. The van der Waals surface area contributed by atoms with Gasteiger partial charge in [0.25, 0.3) is 5.69 Å². The summed E-state index contributed by atoms with van der Waals surface area (Å²) in [4.78, 5) is 10.1. The molecule has 0 bridgehead atoms. The van der Waals surface area contributed by atoms with Crippen molar-refractivity contribution in [3.63, 3.8) is 0 Å². The second kappa shape index (κ2) is 5.69. The van der Waals surface area contributed by atoms with Crippen molar-refractivity contribution in [3.8, 4) is 0 Å². The predicted molar refractivity (Wildman–Crippen MR) is 59.0 cm³/mol. The summed E-state index contributed by atoms with van der Waals surface area (Å²) in [7, 11) is 0. The van der Waals surface area contributed by atoms with Gasteiger partial charge in [0.2, 0.25) is 0 Å². The van der Waals surface area contributed by atoms with Crippen LogP contribution in [0.1, 0.15) is 17.2 Å². The Kier molecular flexibility index (Phi) is 4.53. The van der Waals surface area contributed by atoms with Crippen LogP contribution in [0.4, 0.5) is 5.69 Å². The highest BCUT2D eigenvalue weighted by atomic mass is 16.6. The van der Waals surface area contributed by atoms with E-state index in [0.29, 0.717) is 0 Å². The molecular formula is C10H14N2O5. The molecule has 2 unspecified atom stereocenters. The number of nitrogens with zero attached hydrogens (tertiary/aromatic N) is 1. The molecule has 0 spiro atoms. The van der Waals surface area contributed by atoms with E-state index in [-0.39, 0.29) is 23.4 Å². The van der Waals surface area contributed by atoms with E-state index in [4.69, 9.17) is 10.8 Å². The van der Waals surface area contributed by atoms with Gasteiger partial charge in [-0.2, -0.15) is 0 Å². The molecule has 0 radical (unpaired) electrons. The number of benzene rings is 1. The van der Waals surface area contributed by atoms with Crippen molar-refractivity contribution in [2.24, 2.45) is 5.73 Å². The van der Waals surface area contributed by atoms with Gasteiger partial charge >= 0.3 is 0 Å². The molecule has 1 aromatic carbocycles. The topological polar surface area (TPSA) is 130 Å². The zero-order valence-corrected chi connectivity index (χ0v) is 8.98. The van der Waals surface area contributed by atoms with Gasteiger partial charge in [-0.25, -0.2) is 0 Å². The van der Waals surface area contributed by atoms with Crippen molar-refractivity contribution >= 4 is 5.69 Å². The largest absolute Gasteiger partial charge is 0.391 e. The van der Waals surface area contributed by atoms with E-state index in [1.54, 1.807) is 0 Å². The summed E-state index contributed by atoms with van der Waals surface area (Å²) in [5, 5.41) is 38.6.